The van der Waals surface area contributed by atoms with Gasteiger partial charge >= 0.3 is 0 Å². The zero-order valence-electron chi connectivity index (χ0n) is 7.66. The monoisotopic (exact) mass is 172 g/mol. The first-order valence-electron chi connectivity index (χ1n) is 4.21. The molecule has 1 aromatic rings. The van der Waals surface area contributed by atoms with Crippen molar-refractivity contribution in [3.05, 3.63) is 35.6 Å². The molecule has 0 spiro atoms. The van der Waals surface area contributed by atoms with Crippen LogP contribution in [0.3, 0.4) is 0 Å². The number of hydrogen-bond donors (Lipinski definition) is 0. The summed E-state index contributed by atoms with van der Waals surface area (Å²) in [5.41, 5.74) is 4.56. The molecule has 1 aromatic carbocycles. The minimum Gasteiger partial charge on any atom is -0.298 e. The quantitative estimate of drug-likeness (QED) is 0.539. The lowest BCUT2D eigenvalue weighted by atomic mass is 10.0. The molecule has 13 heavy (non-hydrogen) atoms. The predicted molar refractivity (Wildman–Crippen MR) is 52.6 cm³/mol. The van der Waals surface area contributed by atoms with Gasteiger partial charge in [0.1, 0.15) is 0 Å². The molecule has 0 saturated carbocycles. The summed E-state index contributed by atoms with van der Waals surface area (Å²) in [6, 6.07) is 5.95. The molecule has 0 aromatic heterocycles. The molecular formula is C11H10NO. The van der Waals surface area contributed by atoms with Crippen molar-refractivity contribution in [1.29, 1.82) is 0 Å². The van der Waals surface area contributed by atoms with Crippen LogP contribution in [0.25, 0.3) is 5.57 Å². The molecule has 0 atom stereocenters. The predicted octanol–water partition coefficient (Wildman–Crippen LogP) is 2.87. The number of benzene rings is 1. The second kappa shape index (κ2) is 2.73. The summed E-state index contributed by atoms with van der Waals surface area (Å²) < 4.78 is 0. The van der Waals surface area contributed by atoms with Gasteiger partial charge in [-0.2, -0.15) is 0 Å². The Bertz CT molecular complexity index is 416. The largest absolute Gasteiger partial charge is 0.298 e. The van der Waals surface area contributed by atoms with Gasteiger partial charge in [0.25, 0.3) is 0 Å². The van der Waals surface area contributed by atoms with E-state index in [1.54, 1.807) is 0 Å². The fourth-order valence-electron chi connectivity index (χ4n) is 1.55. The first-order chi connectivity index (χ1) is 6.22. The molecular weight excluding hydrogens is 162 g/mol. The third kappa shape index (κ3) is 1.15. The molecule has 1 aliphatic heterocycles. The second-order valence-corrected chi connectivity index (χ2v) is 3.25. The van der Waals surface area contributed by atoms with E-state index < -0.39 is 0 Å². The van der Waals surface area contributed by atoms with Gasteiger partial charge in [-0.1, -0.05) is 11.6 Å². The van der Waals surface area contributed by atoms with Gasteiger partial charge in [0.2, 0.25) is 0 Å². The Kier molecular flexibility index (Phi) is 1.69. The van der Waals surface area contributed by atoms with Gasteiger partial charge in [-0.15, -0.1) is 0 Å². The molecule has 1 heterocycles. The average molecular weight is 172 g/mol. The minimum absolute atomic E-state index is 0.721. The molecule has 2 rings (SSSR count). The lowest BCUT2D eigenvalue weighted by Crippen LogP contribution is -1.89. The maximum absolute atomic E-state index is 10.8. The van der Waals surface area contributed by atoms with Crippen molar-refractivity contribution in [2.24, 2.45) is 4.99 Å². The fourth-order valence-corrected chi connectivity index (χ4v) is 1.55. The van der Waals surface area contributed by atoms with Gasteiger partial charge in [-0.25, -0.2) is 0 Å². The van der Waals surface area contributed by atoms with Gasteiger partial charge in [-0.3, -0.25) is 10.1 Å². The van der Waals surface area contributed by atoms with Crippen LogP contribution in [-0.4, -0.2) is 5.71 Å². The zero-order chi connectivity index (χ0) is 9.42. The molecule has 0 amide bonds. The van der Waals surface area contributed by atoms with E-state index >= 15 is 0 Å². The fraction of sp³-hybridized carbons (Fsp3) is 0.182. The number of aliphatic imine (C=N–C) groups is 1. The van der Waals surface area contributed by atoms with Gasteiger partial charge in [0.05, 0.1) is 5.69 Å². The molecule has 0 N–H and O–H groups in total. The summed E-state index contributed by atoms with van der Waals surface area (Å²) >= 11 is 0. The Morgan fingerprint density at radius 3 is 2.77 bits per heavy atom. The molecule has 0 aliphatic carbocycles. The topological polar surface area (TPSA) is 32.3 Å². The van der Waals surface area contributed by atoms with Crippen LogP contribution in [0.15, 0.2) is 29.5 Å². The van der Waals surface area contributed by atoms with E-state index in [0.29, 0.717) is 0 Å². The van der Waals surface area contributed by atoms with Crippen LogP contribution in [0.1, 0.15) is 18.1 Å². The van der Waals surface area contributed by atoms with Gasteiger partial charge in [0, 0.05) is 16.8 Å². The van der Waals surface area contributed by atoms with Crippen molar-refractivity contribution in [2.75, 3.05) is 0 Å². The van der Waals surface area contributed by atoms with E-state index in [1.165, 1.54) is 0 Å². The van der Waals surface area contributed by atoms with E-state index in [1.807, 2.05) is 32.0 Å². The Morgan fingerprint density at radius 2 is 2.08 bits per heavy atom. The number of allylic oxidation sites excluding steroid dienone is 1. The van der Waals surface area contributed by atoms with Crippen molar-refractivity contribution in [2.45, 2.75) is 13.8 Å². The minimum atomic E-state index is 0.721. The lowest BCUT2D eigenvalue weighted by molar-refractivity contribution is 0.354. The highest BCUT2D eigenvalue weighted by molar-refractivity contribution is 6.27. The van der Waals surface area contributed by atoms with Crippen molar-refractivity contribution in [3.8, 4) is 0 Å². The van der Waals surface area contributed by atoms with E-state index in [-0.39, 0.29) is 0 Å². The summed E-state index contributed by atoms with van der Waals surface area (Å²) in [6.07, 6.45) is 0.879. The van der Waals surface area contributed by atoms with Gasteiger partial charge in [0.15, 0.2) is 6.26 Å². The number of hydrogen-bond acceptors (Lipinski definition) is 1. The summed E-state index contributed by atoms with van der Waals surface area (Å²) in [5, 5.41) is 10.8. The van der Waals surface area contributed by atoms with Crippen LogP contribution in [0.5, 0.6) is 0 Å². The molecule has 0 saturated heterocycles. The number of fused-ring (bicyclic) bond motifs is 1. The molecule has 0 fully saturated rings. The number of rotatable bonds is 0. The summed E-state index contributed by atoms with van der Waals surface area (Å²) in [5.74, 6) is 0. The van der Waals surface area contributed by atoms with Crippen LogP contribution < -0.4 is 0 Å². The summed E-state index contributed by atoms with van der Waals surface area (Å²) in [6.45, 7) is 3.87. The van der Waals surface area contributed by atoms with Crippen molar-refractivity contribution in [1.82, 2.24) is 0 Å². The van der Waals surface area contributed by atoms with E-state index in [2.05, 4.69) is 4.99 Å². The van der Waals surface area contributed by atoms with E-state index in [9.17, 15) is 5.11 Å². The molecule has 65 valence electrons. The summed E-state index contributed by atoms with van der Waals surface area (Å²) in [7, 11) is 0. The maximum Gasteiger partial charge on any atom is 0.152 e. The van der Waals surface area contributed by atoms with Crippen molar-refractivity contribution in [3.63, 3.8) is 0 Å². The number of nitrogens with zero attached hydrogens (tertiary/aromatic N) is 1. The smallest absolute Gasteiger partial charge is 0.152 e. The Hall–Kier alpha value is -1.57. The lowest BCUT2D eigenvalue weighted by Gasteiger charge is -1.99. The SMILES string of the molecule is CC1=Nc2ccc(C)cc2C1=C[O]. The molecule has 0 bridgehead atoms. The van der Waals surface area contributed by atoms with E-state index in [4.69, 9.17) is 0 Å². The van der Waals surface area contributed by atoms with Gasteiger partial charge in [-0.05, 0) is 26.0 Å². The van der Waals surface area contributed by atoms with Crippen LogP contribution in [0, 0.1) is 6.92 Å². The average Bonchev–Trinajstić information content (AvgIpc) is 2.40. The Balaban J connectivity index is 2.65. The second-order valence-electron chi connectivity index (χ2n) is 3.25. The maximum atomic E-state index is 10.8. The highest BCUT2D eigenvalue weighted by Crippen LogP contribution is 2.34. The zero-order valence-corrected chi connectivity index (χ0v) is 7.66. The highest BCUT2D eigenvalue weighted by Gasteiger charge is 2.17. The van der Waals surface area contributed by atoms with Crippen LogP contribution in [-0.2, 0) is 5.11 Å². The third-order valence-electron chi connectivity index (χ3n) is 2.24. The van der Waals surface area contributed by atoms with Crippen molar-refractivity contribution < 1.29 is 5.11 Å². The number of aryl methyl sites for hydroxylation is 1. The molecule has 1 aliphatic rings. The normalized spacial score (nSPS) is 17.4. The van der Waals surface area contributed by atoms with Gasteiger partial charge < -0.3 is 0 Å². The van der Waals surface area contributed by atoms with Crippen LogP contribution >= 0.6 is 0 Å². The summed E-state index contributed by atoms with van der Waals surface area (Å²) in [4.78, 5) is 4.29. The molecule has 1 radical (unpaired) electrons. The molecule has 2 nitrogen and oxygen atoms in total. The van der Waals surface area contributed by atoms with Crippen LogP contribution in [0.2, 0.25) is 0 Å². The van der Waals surface area contributed by atoms with E-state index in [0.717, 1.165) is 34.4 Å². The molecule has 2 heteroatoms. The standard InChI is InChI=1S/C11H10NO/c1-7-3-4-11-9(5-7)10(6-13)8(2)12-11/h3-6H,1-2H3. The first kappa shape index (κ1) is 8.05. The molecule has 0 unspecified atom stereocenters. The first-order valence-corrected chi connectivity index (χ1v) is 4.21. The third-order valence-corrected chi connectivity index (χ3v) is 2.24. The van der Waals surface area contributed by atoms with Crippen LogP contribution in [0.4, 0.5) is 5.69 Å². The highest BCUT2D eigenvalue weighted by atomic mass is 16.2. The Labute approximate surface area is 77.3 Å². The van der Waals surface area contributed by atoms with Crippen molar-refractivity contribution >= 4 is 17.0 Å². The Morgan fingerprint density at radius 1 is 1.31 bits per heavy atom.